The number of hydrogen-bond donors (Lipinski definition) is 1. The Labute approximate surface area is 288 Å². The van der Waals surface area contributed by atoms with Gasteiger partial charge in [0.1, 0.15) is 22.8 Å². The van der Waals surface area contributed by atoms with Gasteiger partial charge in [0.15, 0.2) is 0 Å². The number of imide groups is 1. The Balaban J connectivity index is 1.30. The van der Waals surface area contributed by atoms with Crippen LogP contribution in [0.2, 0.25) is 0 Å². The Morgan fingerprint density at radius 3 is 2.14 bits per heavy atom. The van der Waals surface area contributed by atoms with E-state index in [-0.39, 0.29) is 6.09 Å². The van der Waals surface area contributed by atoms with E-state index >= 15 is 0 Å². The van der Waals surface area contributed by atoms with E-state index in [9.17, 15) is 14.4 Å². The van der Waals surface area contributed by atoms with Crippen LogP contribution >= 0.6 is 0 Å². The van der Waals surface area contributed by atoms with Crippen LogP contribution in [0.1, 0.15) is 76.9 Å². The zero-order valence-corrected chi connectivity index (χ0v) is 30.0. The molecule has 1 N–H and O–H groups in total. The number of carbonyl (C=O) groups is 3. The molecule has 0 saturated carbocycles. The van der Waals surface area contributed by atoms with Crippen molar-refractivity contribution in [1.29, 1.82) is 0 Å². The first kappa shape index (κ1) is 34.0. The van der Waals surface area contributed by atoms with Crippen LogP contribution in [0, 0.1) is 0 Å². The van der Waals surface area contributed by atoms with Crippen LogP contribution in [-0.2, 0) is 21.4 Å². The van der Waals surface area contributed by atoms with Crippen LogP contribution in [0.25, 0.3) is 11.1 Å². The minimum atomic E-state index is -1.01. The monoisotopic (exact) mass is 669 g/mol. The largest absolute Gasteiger partial charge is 0.444 e. The Bertz CT molecular complexity index is 1780. The molecule has 260 valence electrons. The van der Waals surface area contributed by atoms with E-state index in [0.29, 0.717) is 43.2 Å². The second-order valence-electron chi connectivity index (χ2n) is 15.4. The second-order valence-corrected chi connectivity index (χ2v) is 15.4. The summed E-state index contributed by atoms with van der Waals surface area (Å²) >= 11 is 0. The molecular weight excluding hydrogens is 622 g/mol. The lowest BCUT2D eigenvalue weighted by Crippen LogP contribution is -2.50. The van der Waals surface area contributed by atoms with E-state index in [1.165, 1.54) is 4.90 Å². The lowest BCUT2D eigenvalue weighted by Gasteiger charge is -2.36. The van der Waals surface area contributed by atoms with Gasteiger partial charge in [-0.15, -0.1) is 0 Å². The number of ether oxygens (including phenoxy) is 2. The zero-order valence-electron chi connectivity index (χ0n) is 30.0. The van der Waals surface area contributed by atoms with Gasteiger partial charge in [-0.2, -0.15) is 0 Å². The first-order valence-corrected chi connectivity index (χ1v) is 16.8. The molecule has 1 fully saturated rings. The van der Waals surface area contributed by atoms with Gasteiger partial charge in [-0.1, -0.05) is 6.07 Å². The number of amides is 3. The van der Waals surface area contributed by atoms with Gasteiger partial charge in [0, 0.05) is 57.1 Å². The molecule has 3 aliphatic heterocycles. The molecule has 0 aliphatic carbocycles. The van der Waals surface area contributed by atoms with E-state index in [0.717, 1.165) is 46.7 Å². The topological polar surface area (TPSA) is 120 Å². The molecule has 0 atom stereocenters. The maximum absolute atomic E-state index is 14.3. The molecule has 2 aromatic heterocycles. The average Bonchev–Trinajstić information content (AvgIpc) is 3.50. The second kappa shape index (κ2) is 12.2. The summed E-state index contributed by atoms with van der Waals surface area (Å²) in [5.74, 6) is 1.05. The predicted molar refractivity (Wildman–Crippen MR) is 190 cm³/mol. The van der Waals surface area contributed by atoms with Crippen molar-refractivity contribution in [2.24, 2.45) is 0 Å². The quantitative estimate of drug-likeness (QED) is 0.327. The highest BCUT2D eigenvalue weighted by Crippen LogP contribution is 2.49. The van der Waals surface area contributed by atoms with Crippen molar-refractivity contribution in [3.05, 3.63) is 59.4 Å². The van der Waals surface area contributed by atoms with Crippen molar-refractivity contribution in [1.82, 2.24) is 19.8 Å². The third-order valence-corrected chi connectivity index (χ3v) is 9.06. The zero-order chi connectivity index (χ0) is 35.5. The highest BCUT2D eigenvalue weighted by molar-refractivity contribution is 6.13. The third kappa shape index (κ3) is 6.60. The first-order chi connectivity index (χ1) is 22.9. The summed E-state index contributed by atoms with van der Waals surface area (Å²) in [6.45, 7) is 18.0. The number of carbonyl (C=O) groups excluding carboxylic acids is 3. The van der Waals surface area contributed by atoms with Crippen LogP contribution in [0.4, 0.5) is 32.6 Å². The minimum absolute atomic E-state index is 0.299. The van der Waals surface area contributed by atoms with Gasteiger partial charge in [-0.3, -0.25) is 4.79 Å². The van der Waals surface area contributed by atoms with Crippen molar-refractivity contribution < 1.29 is 23.9 Å². The van der Waals surface area contributed by atoms with Gasteiger partial charge >= 0.3 is 12.2 Å². The number of nitrogens with one attached hydrogen (secondary N) is 1. The highest BCUT2D eigenvalue weighted by atomic mass is 16.6. The van der Waals surface area contributed by atoms with Crippen LogP contribution in [-0.4, -0.2) is 88.8 Å². The van der Waals surface area contributed by atoms with Crippen molar-refractivity contribution in [2.45, 2.75) is 78.6 Å². The summed E-state index contributed by atoms with van der Waals surface area (Å²) in [4.78, 5) is 57.0. The Kier molecular flexibility index (Phi) is 8.49. The molecule has 1 aromatic carbocycles. The van der Waals surface area contributed by atoms with Crippen LogP contribution in [0.3, 0.4) is 0 Å². The molecule has 3 aromatic rings. The molecule has 3 aliphatic rings. The van der Waals surface area contributed by atoms with Crippen LogP contribution < -0.4 is 15.1 Å². The molecule has 49 heavy (non-hydrogen) atoms. The maximum Gasteiger partial charge on any atom is 0.418 e. The van der Waals surface area contributed by atoms with E-state index in [1.807, 2.05) is 72.0 Å². The lowest BCUT2D eigenvalue weighted by molar-refractivity contribution is 0.00930. The Morgan fingerprint density at radius 1 is 0.837 bits per heavy atom. The van der Waals surface area contributed by atoms with E-state index < -0.39 is 28.7 Å². The normalized spacial score (nSPS) is 17.2. The molecule has 12 heteroatoms. The molecule has 3 amide bonds. The first-order valence-electron chi connectivity index (χ1n) is 16.8. The van der Waals surface area contributed by atoms with Gasteiger partial charge in [0.2, 0.25) is 0 Å². The summed E-state index contributed by atoms with van der Waals surface area (Å²) in [6, 6.07) is 9.74. The number of nitrogens with zero attached hydrogens (tertiary/aromatic N) is 6. The van der Waals surface area contributed by atoms with Crippen LogP contribution in [0.15, 0.2) is 42.7 Å². The van der Waals surface area contributed by atoms with Gasteiger partial charge in [0.25, 0.3) is 5.91 Å². The number of rotatable bonds is 4. The number of benzene rings is 1. The molecule has 6 rings (SSSR count). The van der Waals surface area contributed by atoms with Gasteiger partial charge in [0.05, 0.1) is 28.7 Å². The van der Waals surface area contributed by atoms with Gasteiger partial charge < -0.3 is 29.5 Å². The Morgan fingerprint density at radius 2 is 1.51 bits per heavy atom. The van der Waals surface area contributed by atoms with Gasteiger partial charge in [-0.05, 0) is 97.2 Å². The fourth-order valence-electron chi connectivity index (χ4n) is 6.84. The maximum atomic E-state index is 14.3. The number of pyridine rings is 2. The molecule has 1 saturated heterocycles. The summed E-state index contributed by atoms with van der Waals surface area (Å²) in [7, 11) is 2.03. The molecule has 5 heterocycles. The van der Waals surface area contributed by atoms with Crippen molar-refractivity contribution in [3.8, 4) is 11.1 Å². The van der Waals surface area contributed by atoms with E-state index in [2.05, 4.69) is 25.1 Å². The molecular formula is C37H47N7O5. The summed E-state index contributed by atoms with van der Waals surface area (Å²) in [5, 5.41) is 3.37. The van der Waals surface area contributed by atoms with Crippen molar-refractivity contribution >= 4 is 41.1 Å². The third-order valence-electron chi connectivity index (χ3n) is 9.06. The summed E-state index contributed by atoms with van der Waals surface area (Å²) in [6.07, 6.45) is 3.43. The molecule has 12 nitrogen and oxygen atoms in total. The fraction of sp³-hybridized carbons (Fsp3) is 0.486. The predicted octanol–water partition coefficient (Wildman–Crippen LogP) is 6.56. The molecule has 0 spiro atoms. The number of likely N-dealkylation sites (N-methyl/N-ethyl adjacent to an activating group) is 1. The van der Waals surface area contributed by atoms with Crippen LogP contribution in [0.5, 0.6) is 0 Å². The number of anilines is 4. The number of piperazine rings is 1. The van der Waals surface area contributed by atoms with Crippen molar-refractivity contribution in [2.75, 3.05) is 54.9 Å². The SMILES string of the molecule is CN1CCc2c(-c3ccc(Nc4ccc(N5CCN(C(=O)OC(C)(C)C)CC5)cn4)c4c3C(C)(C)N(C(=O)OC(C)(C)C)C4=O)ccnc21. The van der Waals surface area contributed by atoms with Crippen molar-refractivity contribution in [3.63, 3.8) is 0 Å². The smallest absolute Gasteiger partial charge is 0.418 e. The fourth-order valence-corrected chi connectivity index (χ4v) is 6.84. The minimum Gasteiger partial charge on any atom is -0.444 e. The standard InChI is InChI=1S/C37H47N7O5/c1-35(2,3)48-33(46)43-20-18-42(19-21-43)23-10-13-28(39-22-23)40-27-12-11-25(24-14-16-38-31-26(24)15-17-41(31)9)30-29(27)32(45)44(37(30,7)8)34(47)49-36(4,5)6/h10-14,16,22H,15,17-21H2,1-9H3,(H,39,40). The summed E-state index contributed by atoms with van der Waals surface area (Å²) in [5.41, 5.74) is 3.31. The molecule has 0 unspecified atom stereocenters. The lowest BCUT2D eigenvalue weighted by atomic mass is 9.84. The summed E-state index contributed by atoms with van der Waals surface area (Å²) < 4.78 is 11.3. The Hall–Kier alpha value is -4.87. The molecule has 0 bridgehead atoms. The number of aromatic nitrogens is 2. The molecule has 0 radical (unpaired) electrons. The van der Waals surface area contributed by atoms with E-state index in [1.54, 1.807) is 38.1 Å². The average molecular weight is 670 g/mol. The number of hydrogen-bond acceptors (Lipinski definition) is 10. The number of fused-ring (bicyclic) bond motifs is 2. The highest BCUT2D eigenvalue weighted by Gasteiger charge is 2.51. The van der Waals surface area contributed by atoms with E-state index in [4.69, 9.17) is 9.47 Å². The van der Waals surface area contributed by atoms with Gasteiger partial charge in [-0.25, -0.2) is 24.5 Å².